The van der Waals surface area contributed by atoms with E-state index in [1.54, 1.807) is 6.07 Å². The average molecular weight is 555 g/mol. The van der Waals surface area contributed by atoms with Gasteiger partial charge in [-0.3, -0.25) is 0 Å². The van der Waals surface area contributed by atoms with Gasteiger partial charge in [0.15, 0.2) is 11.5 Å². The van der Waals surface area contributed by atoms with Crippen LogP contribution < -0.4 is 9.47 Å². The number of aromatic nitrogens is 1. The molecule has 1 aromatic heterocycles. The summed E-state index contributed by atoms with van der Waals surface area (Å²) >= 11 is 0. The van der Waals surface area contributed by atoms with Crippen LogP contribution in [0.1, 0.15) is 66.8 Å². The van der Waals surface area contributed by atoms with Gasteiger partial charge in [0.2, 0.25) is 0 Å². The summed E-state index contributed by atoms with van der Waals surface area (Å²) in [7, 11) is 2.16. The summed E-state index contributed by atoms with van der Waals surface area (Å²) in [5, 5.41) is 10.9. The number of hydrogen-bond donors (Lipinski definition) is 1. The SMILES string of the molecule is CN1CCC(OCCOc2cccc3c2OCCn2c-3c(C3CCCCC3)c3ccc(C(=O)O)cc32)CC1.Cl. The molecule has 0 unspecified atom stereocenters. The van der Waals surface area contributed by atoms with Gasteiger partial charge in [-0.2, -0.15) is 0 Å². The van der Waals surface area contributed by atoms with Crippen LogP contribution in [0.2, 0.25) is 0 Å². The quantitative estimate of drug-likeness (QED) is 0.343. The number of aromatic carboxylic acids is 1. The van der Waals surface area contributed by atoms with Crippen molar-refractivity contribution >= 4 is 29.3 Å². The van der Waals surface area contributed by atoms with Crippen LogP contribution in [0.3, 0.4) is 0 Å². The van der Waals surface area contributed by atoms with E-state index in [0.29, 0.717) is 44.0 Å². The van der Waals surface area contributed by atoms with Gasteiger partial charge in [0.05, 0.1) is 30.5 Å². The van der Waals surface area contributed by atoms with Gasteiger partial charge in [-0.15, -0.1) is 12.4 Å². The molecule has 0 bridgehead atoms. The lowest BCUT2D eigenvalue weighted by Gasteiger charge is -2.28. The smallest absolute Gasteiger partial charge is 0.335 e. The number of piperidine rings is 1. The van der Waals surface area contributed by atoms with Gasteiger partial charge in [-0.05, 0) is 68.5 Å². The zero-order chi connectivity index (χ0) is 26.1. The molecule has 1 aliphatic carbocycles. The maximum atomic E-state index is 11.8. The summed E-state index contributed by atoms with van der Waals surface area (Å²) in [5.74, 6) is 1.08. The number of carboxylic acids is 1. The van der Waals surface area contributed by atoms with E-state index in [2.05, 4.69) is 22.6 Å². The van der Waals surface area contributed by atoms with E-state index in [1.165, 1.54) is 30.2 Å². The fraction of sp³-hybridized carbons (Fsp3) is 0.516. The molecular weight excluding hydrogens is 516 g/mol. The minimum atomic E-state index is -0.898. The largest absolute Gasteiger partial charge is 0.487 e. The van der Waals surface area contributed by atoms with Crippen LogP contribution in [0, 0.1) is 0 Å². The lowest BCUT2D eigenvalue weighted by atomic mass is 9.81. The fourth-order valence-corrected chi connectivity index (χ4v) is 6.56. The van der Waals surface area contributed by atoms with Crippen molar-refractivity contribution in [2.75, 3.05) is 40.0 Å². The van der Waals surface area contributed by atoms with Gasteiger partial charge < -0.3 is 28.8 Å². The molecule has 7 nitrogen and oxygen atoms in total. The molecule has 39 heavy (non-hydrogen) atoms. The van der Waals surface area contributed by atoms with E-state index >= 15 is 0 Å². The van der Waals surface area contributed by atoms with Gasteiger partial charge in [0.1, 0.15) is 13.2 Å². The second-order valence-electron chi connectivity index (χ2n) is 11.0. The first-order valence-corrected chi connectivity index (χ1v) is 14.2. The molecular formula is C31H39ClN2O5. The van der Waals surface area contributed by atoms with Gasteiger partial charge in [0, 0.05) is 29.6 Å². The third-order valence-corrected chi connectivity index (χ3v) is 8.52. The van der Waals surface area contributed by atoms with Crippen molar-refractivity contribution in [3.05, 3.63) is 47.5 Å². The Bertz CT molecular complexity index is 1310. The Balaban J connectivity index is 0.00000308. The number of halogens is 1. The predicted octanol–water partition coefficient (Wildman–Crippen LogP) is 6.36. The van der Waals surface area contributed by atoms with Crippen LogP contribution in [0.5, 0.6) is 11.5 Å². The Morgan fingerprint density at radius 3 is 2.59 bits per heavy atom. The molecule has 210 valence electrons. The summed E-state index contributed by atoms with van der Waals surface area (Å²) in [5.41, 5.74) is 4.83. The van der Waals surface area contributed by atoms with Gasteiger partial charge in [-0.25, -0.2) is 4.79 Å². The van der Waals surface area contributed by atoms with E-state index in [0.717, 1.165) is 67.0 Å². The summed E-state index contributed by atoms with van der Waals surface area (Å²) in [6, 6.07) is 11.7. The molecule has 2 aliphatic heterocycles. The van der Waals surface area contributed by atoms with E-state index in [9.17, 15) is 9.90 Å². The molecule has 1 saturated heterocycles. The minimum Gasteiger partial charge on any atom is -0.487 e. The van der Waals surface area contributed by atoms with E-state index < -0.39 is 5.97 Å². The van der Waals surface area contributed by atoms with Crippen molar-refractivity contribution in [3.8, 4) is 22.8 Å². The van der Waals surface area contributed by atoms with Crippen molar-refractivity contribution in [2.24, 2.45) is 0 Å². The third kappa shape index (κ3) is 5.63. The van der Waals surface area contributed by atoms with Crippen LogP contribution in [0.4, 0.5) is 0 Å². The number of benzene rings is 2. The van der Waals surface area contributed by atoms with Crippen LogP contribution in [-0.4, -0.2) is 66.6 Å². The second kappa shape index (κ2) is 12.2. The zero-order valence-corrected chi connectivity index (χ0v) is 23.5. The van der Waals surface area contributed by atoms with E-state index in [4.69, 9.17) is 14.2 Å². The molecule has 3 aromatic rings. The molecule has 0 spiro atoms. The topological polar surface area (TPSA) is 73.2 Å². The van der Waals surface area contributed by atoms with Gasteiger partial charge >= 0.3 is 5.97 Å². The summed E-state index contributed by atoms with van der Waals surface area (Å²) in [6.07, 6.45) is 8.51. The lowest BCUT2D eigenvalue weighted by molar-refractivity contribution is -0.000546. The standard InChI is InChI=1S/C31H38N2O5.ClH/c1-32-14-12-23(13-15-32)36-18-19-37-27-9-5-8-25-29-28(21-6-3-2-4-7-21)24-11-10-22(31(34)35)20-26(24)33(29)16-17-38-30(25)27;/h5,8-11,20-21,23H,2-4,6-7,12-19H2,1H3,(H,34,35);1H. The number of hydrogen-bond acceptors (Lipinski definition) is 5. The minimum absolute atomic E-state index is 0. The third-order valence-electron chi connectivity index (χ3n) is 8.52. The molecule has 2 aromatic carbocycles. The molecule has 0 atom stereocenters. The van der Waals surface area contributed by atoms with Crippen molar-refractivity contribution in [1.82, 2.24) is 9.47 Å². The molecule has 0 amide bonds. The zero-order valence-electron chi connectivity index (χ0n) is 22.7. The summed E-state index contributed by atoms with van der Waals surface area (Å²) < 4.78 is 21.0. The molecule has 3 heterocycles. The van der Waals surface area contributed by atoms with Gasteiger partial charge in [-0.1, -0.05) is 31.4 Å². The highest BCUT2D eigenvalue weighted by Crippen LogP contribution is 2.49. The van der Waals surface area contributed by atoms with Crippen molar-refractivity contribution in [1.29, 1.82) is 0 Å². The number of fused-ring (bicyclic) bond motifs is 5. The van der Waals surface area contributed by atoms with Crippen LogP contribution in [-0.2, 0) is 11.3 Å². The van der Waals surface area contributed by atoms with Gasteiger partial charge in [0.25, 0.3) is 0 Å². The molecule has 3 aliphatic rings. The van der Waals surface area contributed by atoms with Crippen molar-refractivity contribution < 1.29 is 24.1 Å². The molecule has 2 fully saturated rings. The number of likely N-dealkylation sites (tertiary alicyclic amines) is 1. The number of ether oxygens (including phenoxy) is 3. The maximum Gasteiger partial charge on any atom is 0.335 e. The highest BCUT2D eigenvalue weighted by atomic mass is 35.5. The molecule has 6 rings (SSSR count). The summed E-state index contributed by atoms with van der Waals surface area (Å²) in [4.78, 5) is 14.2. The first-order valence-electron chi connectivity index (χ1n) is 14.2. The molecule has 0 radical (unpaired) electrons. The molecule has 8 heteroatoms. The first-order chi connectivity index (χ1) is 18.6. The Labute approximate surface area is 236 Å². The monoisotopic (exact) mass is 554 g/mol. The number of carboxylic acid groups (broad SMARTS) is 1. The maximum absolute atomic E-state index is 11.8. The van der Waals surface area contributed by atoms with Crippen LogP contribution in [0.15, 0.2) is 36.4 Å². The number of nitrogens with zero attached hydrogens (tertiary/aromatic N) is 2. The average Bonchev–Trinajstić information content (AvgIpc) is 3.13. The number of para-hydroxylation sites is 1. The molecule has 1 saturated carbocycles. The van der Waals surface area contributed by atoms with Crippen molar-refractivity contribution in [2.45, 2.75) is 63.5 Å². The van der Waals surface area contributed by atoms with Crippen molar-refractivity contribution in [3.63, 3.8) is 0 Å². The Morgan fingerprint density at radius 2 is 1.82 bits per heavy atom. The Hall–Kier alpha value is -2.74. The van der Waals surface area contributed by atoms with E-state index in [-0.39, 0.29) is 12.4 Å². The lowest BCUT2D eigenvalue weighted by Crippen LogP contribution is -2.34. The normalized spacial score (nSPS) is 18.5. The van der Waals surface area contributed by atoms with Crippen LogP contribution >= 0.6 is 12.4 Å². The summed E-state index contributed by atoms with van der Waals surface area (Å²) in [6.45, 7) is 4.36. The number of rotatable bonds is 7. The molecule has 1 N–H and O–H groups in total. The second-order valence-corrected chi connectivity index (χ2v) is 11.0. The first kappa shape index (κ1) is 27.8. The highest BCUT2D eigenvalue weighted by Gasteiger charge is 2.30. The highest BCUT2D eigenvalue weighted by molar-refractivity contribution is 5.99. The predicted molar refractivity (Wildman–Crippen MR) is 155 cm³/mol. The van der Waals surface area contributed by atoms with Crippen LogP contribution in [0.25, 0.3) is 22.2 Å². The van der Waals surface area contributed by atoms with E-state index in [1.807, 2.05) is 24.3 Å². The number of carbonyl (C=O) groups is 1. The Morgan fingerprint density at radius 1 is 1.03 bits per heavy atom. The Kier molecular flexibility index (Phi) is 8.70. The fourth-order valence-electron chi connectivity index (χ4n) is 6.56.